The van der Waals surface area contributed by atoms with Crippen molar-refractivity contribution in [2.75, 3.05) is 0 Å². The number of aryl methyl sites for hydroxylation is 1. The van der Waals surface area contributed by atoms with Gasteiger partial charge >= 0.3 is 6.61 Å². The lowest BCUT2D eigenvalue weighted by atomic mass is 10.2. The zero-order valence-corrected chi connectivity index (χ0v) is 16.7. The molecule has 0 saturated carbocycles. The van der Waals surface area contributed by atoms with Crippen LogP contribution in [-0.2, 0) is 12.3 Å². The minimum absolute atomic E-state index is 0.0572. The van der Waals surface area contributed by atoms with Crippen molar-refractivity contribution in [3.63, 3.8) is 0 Å². The van der Waals surface area contributed by atoms with Crippen molar-refractivity contribution >= 4 is 29.0 Å². The third-order valence-corrected chi connectivity index (χ3v) is 5.67. The van der Waals surface area contributed by atoms with Gasteiger partial charge in [0.05, 0.1) is 10.7 Å². The van der Waals surface area contributed by atoms with E-state index in [1.165, 1.54) is 6.07 Å². The number of nitrogens with one attached hydrogen (secondary N) is 1. The van der Waals surface area contributed by atoms with Gasteiger partial charge in [-0.2, -0.15) is 8.78 Å². The molecule has 1 N–H and O–H groups in total. The van der Waals surface area contributed by atoms with Gasteiger partial charge in [0.25, 0.3) is 5.91 Å². The Morgan fingerprint density at radius 3 is 2.64 bits per heavy atom. The molecule has 1 aromatic heterocycles. The van der Waals surface area contributed by atoms with Gasteiger partial charge in [-0.25, -0.2) is 4.98 Å². The summed E-state index contributed by atoms with van der Waals surface area (Å²) in [6.07, 6.45) is 0. The molecule has 0 radical (unpaired) electrons. The summed E-state index contributed by atoms with van der Waals surface area (Å²) in [6, 6.07) is 13.6. The maximum atomic E-state index is 12.5. The molecule has 1 heterocycles. The highest BCUT2D eigenvalue weighted by atomic mass is 32.2. The second kappa shape index (κ2) is 9.66. The Morgan fingerprint density at radius 2 is 1.96 bits per heavy atom. The number of nitrogens with zero attached hydrogens (tertiary/aromatic N) is 1. The molecule has 0 bridgehead atoms. The number of thioether (sulfide) groups is 1. The Kier molecular flexibility index (Phi) is 7.00. The van der Waals surface area contributed by atoms with E-state index in [0.29, 0.717) is 11.1 Å². The number of benzene rings is 2. The number of hydrogen-bond acceptors (Lipinski definition) is 5. The van der Waals surface area contributed by atoms with Crippen molar-refractivity contribution in [3.05, 3.63) is 75.7 Å². The zero-order valence-electron chi connectivity index (χ0n) is 15.0. The number of carbonyl (C=O) groups is 1. The predicted molar refractivity (Wildman–Crippen MR) is 107 cm³/mol. The molecular weight excluding hydrogens is 402 g/mol. The lowest BCUT2D eigenvalue weighted by Gasteiger charge is -2.11. The molecule has 1 amide bonds. The lowest BCUT2D eigenvalue weighted by Crippen LogP contribution is -2.23. The van der Waals surface area contributed by atoms with Gasteiger partial charge in [0.1, 0.15) is 5.75 Å². The smallest absolute Gasteiger partial charge is 0.387 e. The van der Waals surface area contributed by atoms with Crippen molar-refractivity contribution in [1.82, 2.24) is 10.3 Å². The van der Waals surface area contributed by atoms with E-state index in [0.717, 1.165) is 21.3 Å². The molecule has 3 aromatic rings. The van der Waals surface area contributed by atoms with Crippen LogP contribution in [0.3, 0.4) is 0 Å². The SMILES string of the molecule is Cc1nc(CSc2ccc(C(=O)NCc3ccccc3OC(F)F)cc2)cs1. The van der Waals surface area contributed by atoms with Crippen molar-refractivity contribution in [1.29, 1.82) is 0 Å². The Labute approximate surface area is 170 Å². The quantitative estimate of drug-likeness (QED) is 0.504. The second-order valence-corrected chi connectivity index (χ2v) is 7.95. The molecule has 0 aliphatic carbocycles. The van der Waals surface area contributed by atoms with Gasteiger partial charge in [-0.15, -0.1) is 23.1 Å². The summed E-state index contributed by atoms with van der Waals surface area (Å²) in [5.41, 5.74) is 2.03. The minimum atomic E-state index is -2.91. The molecule has 3 rings (SSSR count). The predicted octanol–water partition coefficient (Wildman–Crippen LogP) is 5.28. The number of ether oxygens (including phenoxy) is 1. The number of carbonyl (C=O) groups excluding carboxylic acids is 1. The van der Waals surface area contributed by atoms with Crippen LogP contribution >= 0.6 is 23.1 Å². The van der Waals surface area contributed by atoms with Crippen LogP contribution in [0.4, 0.5) is 8.78 Å². The van der Waals surface area contributed by atoms with Crippen molar-refractivity contribution in [2.45, 2.75) is 30.7 Å². The van der Waals surface area contributed by atoms with Gasteiger partial charge in [-0.3, -0.25) is 4.79 Å². The van der Waals surface area contributed by atoms with E-state index in [-0.39, 0.29) is 18.2 Å². The fourth-order valence-electron chi connectivity index (χ4n) is 2.47. The van der Waals surface area contributed by atoms with Crippen molar-refractivity contribution in [3.8, 4) is 5.75 Å². The molecule has 0 unspecified atom stereocenters. The number of rotatable bonds is 8. The molecule has 4 nitrogen and oxygen atoms in total. The van der Waals surface area contributed by atoms with Crippen LogP contribution < -0.4 is 10.1 Å². The Bertz CT molecular complexity index is 930. The van der Waals surface area contributed by atoms with Gasteiger partial charge in [-0.05, 0) is 37.3 Å². The summed E-state index contributed by atoms with van der Waals surface area (Å²) in [4.78, 5) is 17.8. The van der Waals surface area contributed by atoms with E-state index >= 15 is 0 Å². The first-order valence-electron chi connectivity index (χ1n) is 8.46. The largest absolute Gasteiger partial charge is 0.434 e. The van der Waals surface area contributed by atoms with Crippen molar-refractivity contribution < 1.29 is 18.3 Å². The zero-order chi connectivity index (χ0) is 19.9. The number of amides is 1. The van der Waals surface area contributed by atoms with Gasteiger partial charge in [-0.1, -0.05) is 18.2 Å². The third-order valence-electron chi connectivity index (χ3n) is 3.80. The number of aromatic nitrogens is 1. The number of hydrogen-bond donors (Lipinski definition) is 1. The van der Waals surface area contributed by atoms with Crippen LogP contribution in [0.1, 0.15) is 26.6 Å². The molecule has 0 atom stereocenters. The fraction of sp³-hybridized carbons (Fsp3) is 0.200. The van der Waals surface area contributed by atoms with E-state index < -0.39 is 6.61 Å². The van der Waals surface area contributed by atoms with Crippen LogP contribution in [-0.4, -0.2) is 17.5 Å². The molecule has 0 aliphatic heterocycles. The van der Waals surface area contributed by atoms with Crippen LogP contribution in [0, 0.1) is 6.92 Å². The van der Waals surface area contributed by atoms with Crippen LogP contribution in [0.2, 0.25) is 0 Å². The van der Waals surface area contributed by atoms with E-state index in [1.807, 2.05) is 24.4 Å². The van der Waals surface area contributed by atoms with Crippen LogP contribution in [0.15, 0.2) is 58.8 Å². The molecule has 0 saturated heterocycles. The number of para-hydroxylation sites is 1. The summed E-state index contributed by atoms with van der Waals surface area (Å²) >= 11 is 3.28. The molecule has 0 spiro atoms. The maximum absolute atomic E-state index is 12.5. The molecule has 8 heteroatoms. The first kappa shape index (κ1) is 20.3. The molecule has 28 heavy (non-hydrogen) atoms. The molecule has 146 valence electrons. The summed E-state index contributed by atoms with van der Waals surface area (Å²) in [5, 5.41) is 5.82. The summed E-state index contributed by atoms with van der Waals surface area (Å²) in [5.74, 6) is 0.553. The summed E-state index contributed by atoms with van der Waals surface area (Å²) in [6.45, 7) is -0.832. The first-order valence-corrected chi connectivity index (χ1v) is 10.3. The Hall–Kier alpha value is -2.45. The second-order valence-electron chi connectivity index (χ2n) is 5.84. The van der Waals surface area contributed by atoms with E-state index in [4.69, 9.17) is 0 Å². The minimum Gasteiger partial charge on any atom is -0.434 e. The Balaban J connectivity index is 1.55. The highest BCUT2D eigenvalue weighted by molar-refractivity contribution is 7.98. The van der Waals surface area contributed by atoms with Crippen LogP contribution in [0.25, 0.3) is 0 Å². The summed E-state index contributed by atoms with van der Waals surface area (Å²) in [7, 11) is 0. The van der Waals surface area contributed by atoms with Crippen LogP contribution in [0.5, 0.6) is 5.75 Å². The van der Waals surface area contributed by atoms with Gasteiger partial charge in [0, 0.05) is 33.7 Å². The topological polar surface area (TPSA) is 51.2 Å². The molecule has 0 aliphatic rings. The number of alkyl halides is 2. The molecular formula is C20H18F2N2O2S2. The molecule has 2 aromatic carbocycles. The molecule has 0 fully saturated rings. The first-order chi connectivity index (χ1) is 13.5. The van der Waals surface area contributed by atoms with E-state index in [1.54, 1.807) is 53.4 Å². The van der Waals surface area contributed by atoms with Gasteiger partial charge in [0.2, 0.25) is 0 Å². The fourth-order valence-corrected chi connectivity index (χ4v) is 3.98. The standard InChI is InChI=1S/C20H18F2N2O2S2/c1-13-24-16(11-27-13)12-28-17-8-6-14(7-9-17)19(25)23-10-15-4-2-3-5-18(15)26-20(21)22/h2-9,11,20H,10,12H2,1H3,(H,23,25). The van der Waals surface area contributed by atoms with Gasteiger partial charge < -0.3 is 10.1 Å². The average Bonchev–Trinajstić information content (AvgIpc) is 3.10. The lowest BCUT2D eigenvalue weighted by molar-refractivity contribution is -0.0504. The highest BCUT2D eigenvalue weighted by Crippen LogP contribution is 2.24. The number of halogens is 2. The third kappa shape index (κ3) is 5.77. The highest BCUT2D eigenvalue weighted by Gasteiger charge is 2.11. The normalized spacial score (nSPS) is 10.9. The average molecular weight is 421 g/mol. The van der Waals surface area contributed by atoms with E-state index in [2.05, 4.69) is 15.0 Å². The van der Waals surface area contributed by atoms with Crippen molar-refractivity contribution in [2.24, 2.45) is 0 Å². The summed E-state index contributed by atoms with van der Waals surface area (Å²) < 4.78 is 29.4. The maximum Gasteiger partial charge on any atom is 0.387 e. The number of thiazole rings is 1. The van der Waals surface area contributed by atoms with Gasteiger partial charge in [0.15, 0.2) is 0 Å². The Morgan fingerprint density at radius 1 is 1.21 bits per heavy atom. The monoisotopic (exact) mass is 420 g/mol. The van der Waals surface area contributed by atoms with E-state index in [9.17, 15) is 13.6 Å².